The molecule has 4 heteroatoms. The van der Waals surface area contributed by atoms with E-state index >= 15 is 0 Å². The minimum Gasteiger partial charge on any atom is -0.379 e. The maximum Gasteiger partial charge on any atom is 0.103 e. The maximum atomic E-state index is 8.49. The predicted molar refractivity (Wildman–Crippen MR) is 33.5 cm³/mol. The highest BCUT2D eigenvalue weighted by Gasteiger charge is 2.03. The number of alkyl halides is 1. The Balaban J connectivity index is 3.10. The van der Waals surface area contributed by atoms with Crippen molar-refractivity contribution in [3.63, 3.8) is 0 Å². The van der Waals surface area contributed by atoms with Gasteiger partial charge in [-0.1, -0.05) is 0 Å². The van der Waals surface area contributed by atoms with Crippen molar-refractivity contribution < 1.29 is 5.11 Å². The molecule has 2 atom stereocenters. The zero-order chi connectivity index (χ0) is 6.57. The molecule has 2 unspecified atom stereocenters. The Labute approximate surface area is 53.6 Å². The van der Waals surface area contributed by atoms with Gasteiger partial charge in [0, 0.05) is 18.3 Å². The van der Waals surface area contributed by atoms with Crippen LogP contribution in [0.15, 0.2) is 0 Å². The summed E-state index contributed by atoms with van der Waals surface area (Å²) in [7, 11) is 0. The van der Waals surface area contributed by atoms with Gasteiger partial charge in [-0.3, -0.25) is 0 Å². The zero-order valence-electron chi connectivity index (χ0n) is 4.55. The van der Waals surface area contributed by atoms with Gasteiger partial charge in [0.1, 0.15) is 6.23 Å². The van der Waals surface area contributed by atoms with Crippen molar-refractivity contribution >= 4 is 11.6 Å². The lowest BCUT2D eigenvalue weighted by molar-refractivity contribution is 0.165. The van der Waals surface area contributed by atoms with Crippen molar-refractivity contribution in [1.82, 2.24) is 0 Å². The Hall–Kier alpha value is 0.170. The van der Waals surface area contributed by atoms with Crippen molar-refractivity contribution in [2.24, 2.45) is 11.5 Å². The molecule has 0 saturated heterocycles. The lowest BCUT2D eigenvalue weighted by Crippen LogP contribution is -2.32. The van der Waals surface area contributed by atoms with Gasteiger partial charge in [-0.25, -0.2) is 0 Å². The summed E-state index contributed by atoms with van der Waals surface area (Å²) in [6.45, 7) is 0. The third kappa shape index (κ3) is 4.33. The fraction of sp³-hybridized carbons (Fsp3) is 1.00. The van der Waals surface area contributed by atoms with E-state index in [1.165, 1.54) is 0 Å². The topological polar surface area (TPSA) is 72.3 Å². The Morgan fingerprint density at radius 3 is 2.12 bits per heavy atom. The summed E-state index contributed by atoms with van der Waals surface area (Å²) in [5, 5.41) is 8.49. The van der Waals surface area contributed by atoms with E-state index in [9.17, 15) is 0 Å². The van der Waals surface area contributed by atoms with E-state index in [1.54, 1.807) is 0 Å². The van der Waals surface area contributed by atoms with Gasteiger partial charge in [-0.15, -0.1) is 11.6 Å². The first-order chi connectivity index (χ1) is 3.66. The Morgan fingerprint density at radius 2 is 2.00 bits per heavy atom. The van der Waals surface area contributed by atoms with Crippen molar-refractivity contribution in [1.29, 1.82) is 0 Å². The highest BCUT2D eigenvalue weighted by molar-refractivity contribution is 6.18. The molecule has 0 aromatic heterocycles. The third-order valence-electron chi connectivity index (χ3n) is 0.742. The summed E-state index contributed by atoms with van der Waals surface area (Å²) in [6.07, 6.45) is -0.465. The molecule has 0 fully saturated rings. The summed E-state index contributed by atoms with van der Waals surface area (Å²) >= 11 is 5.30. The Kier molecular flexibility index (Phi) is 4.18. The van der Waals surface area contributed by atoms with E-state index in [1.807, 2.05) is 0 Å². The molecule has 0 heterocycles. The molecule has 0 bridgehead atoms. The Morgan fingerprint density at radius 1 is 1.50 bits per heavy atom. The molecule has 0 radical (unpaired) electrons. The van der Waals surface area contributed by atoms with Crippen LogP contribution in [0.1, 0.15) is 6.42 Å². The highest BCUT2D eigenvalue weighted by atomic mass is 35.5. The summed E-state index contributed by atoms with van der Waals surface area (Å²) in [5.74, 6) is 0.342. The first kappa shape index (κ1) is 8.17. The molecule has 0 aliphatic carbocycles. The average molecular weight is 139 g/mol. The van der Waals surface area contributed by atoms with Gasteiger partial charge in [0.25, 0.3) is 0 Å². The van der Waals surface area contributed by atoms with Gasteiger partial charge in [0.2, 0.25) is 0 Å². The maximum absolute atomic E-state index is 8.49. The molecule has 0 aromatic carbocycles. The minimum absolute atomic E-state index is 0.184. The van der Waals surface area contributed by atoms with Crippen molar-refractivity contribution in [3.8, 4) is 0 Å². The molecule has 50 valence electrons. The fourth-order valence-electron chi connectivity index (χ4n) is 0.373. The SMILES string of the molecule is NC(O)CC(N)CCl. The minimum atomic E-state index is -0.830. The molecular weight excluding hydrogens is 128 g/mol. The molecule has 0 amide bonds. The number of hydrogen-bond donors (Lipinski definition) is 3. The van der Waals surface area contributed by atoms with Crippen LogP contribution in [-0.2, 0) is 0 Å². The number of rotatable bonds is 3. The van der Waals surface area contributed by atoms with Gasteiger partial charge in [0.15, 0.2) is 0 Å². The molecule has 8 heavy (non-hydrogen) atoms. The van der Waals surface area contributed by atoms with Gasteiger partial charge in [-0.2, -0.15) is 0 Å². The van der Waals surface area contributed by atoms with Crippen molar-refractivity contribution in [2.45, 2.75) is 18.7 Å². The number of nitrogens with two attached hydrogens (primary N) is 2. The summed E-state index contributed by atoms with van der Waals surface area (Å²) < 4.78 is 0. The molecule has 3 nitrogen and oxygen atoms in total. The summed E-state index contributed by atoms with van der Waals surface area (Å²) in [4.78, 5) is 0. The van der Waals surface area contributed by atoms with Crippen LogP contribution < -0.4 is 11.5 Å². The van der Waals surface area contributed by atoms with Crippen LogP contribution in [0.2, 0.25) is 0 Å². The van der Waals surface area contributed by atoms with Crippen molar-refractivity contribution in [2.75, 3.05) is 5.88 Å². The smallest absolute Gasteiger partial charge is 0.103 e. The average Bonchev–Trinajstić information content (AvgIpc) is 1.65. The van der Waals surface area contributed by atoms with E-state index in [0.29, 0.717) is 12.3 Å². The number of hydrogen-bond acceptors (Lipinski definition) is 3. The van der Waals surface area contributed by atoms with E-state index in [2.05, 4.69) is 0 Å². The zero-order valence-corrected chi connectivity index (χ0v) is 5.30. The number of aliphatic hydroxyl groups is 1. The molecular formula is C4H11ClN2O. The predicted octanol–water partition coefficient (Wildman–Crippen LogP) is -0.780. The monoisotopic (exact) mass is 138 g/mol. The van der Waals surface area contributed by atoms with Gasteiger partial charge in [-0.05, 0) is 0 Å². The molecule has 0 aliphatic heterocycles. The lowest BCUT2D eigenvalue weighted by atomic mass is 10.2. The quantitative estimate of drug-likeness (QED) is 0.354. The van der Waals surface area contributed by atoms with Gasteiger partial charge < -0.3 is 16.6 Å². The molecule has 0 saturated carbocycles. The van der Waals surface area contributed by atoms with Crippen LogP contribution in [0.4, 0.5) is 0 Å². The normalized spacial score (nSPS) is 18.0. The van der Waals surface area contributed by atoms with Crippen LogP contribution in [0.25, 0.3) is 0 Å². The van der Waals surface area contributed by atoms with Crippen LogP contribution in [0, 0.1) is 0 Å². The van der Waals surface area contributed by atoms with Crippen LogP contribution in [0.3, 0.4) is 0 Å². The van der Waals surface area contributed by atoms with Gasteiger partial charge >= 0.3 is 0 Å². The number of halogens is 1. The van der Waals surface area contributed by atoms with E-state index in [-0.39, 0.29) is 6.04 Å². The highest BCUT2D eigenvalue weighted by Crippen LogP contribution is 1.91. The molecule has 0 rings (SSSR count). The standard InChI is InChI=1S/C4H11ClN2O/c5-2-3(6)1-4(7)8/h3-4,8H,1-2,6-7H2. The second kappa shape index (κ2) is 4.09. The van der Waals surface area contributed by atoms with Crippen molar-refractivity contribution in [3.05, 3.63) is 0 Å². The summed E-state index contributed by atoms with van der Waals surface area (Å²) in [6, 6.07) is -0.184. The van der Waals surface area contributed by atoms with E-state index in [4.69, 9.17) is 28.2 Å². The Bertz CT molecular complexity index is 60.0. The summed E-state index contributed by atoms with van der Waals surface area (Å²) in [5.41, 5.74) is 10.3. The molecule has 5 N–H and O–H groups in total. The van der Waals surface area contributed by atoms with Crippen LogP contribution in [0.5, 0.6) is 0 Å². The van der Waals surface area contributed by atoms with Gasteiger partial charge in [0.05, 0.1) is 0 Å². The van der Waals surface area contributed by atoms with Crippen LogP contribution >= 0.6 is 11.6 Å². The fourth-order valence-corrected chi connectivity index (χ4v) is 0.499. The largest absolute Gasteiger partial charge is 0.379 e. The second-order valence-electron chi connectivity index (χ2n) is 1.72. The second-order valence-corrected chi connectivity index (χ2v) is 2.03. The number of aliphatic hydroxyl groups excluding tert-OH is 1. The van der Waals surface area contributed by atoms with Crippen LogP contribution in [-0.4, -0.2) is 23.3 Å². The third-order valence-corrected chi connectivity index (χ3v) is 1.14. The lowest BCUT2D eigenvalue weighted by Gasteiger charge is -2.08. The molecule has 0 spiro atoms. The first-order valence-electron chi connectivity index (χ1n) is 2.42. The first-order valence-corrected chi connectivity index (χ1v) is 2.95. The molecule has 0 aliphatic rings. The molecule has 0 aromatic rings. The van der Waals surface area contributed by atoms with E-state index in [0.717, 1.165) is 0 Å². The van der Waals surface area contributed by atoms with E-state index < -0.39 is 6.23 Å².